The second-order valence-electron chi connectivity index (χ2n) is 7.19. The van der Waals surface area contributed by atoms with Gasteiger partial charge in [0.2, 0.25) is 10.0 Å². The molecule has 0 spiro atoms. The van der Waals surface area contributed by atoms with Crippen LogP contribution in [0.25, 0.3) is 0 Å². The van der Waals surface area contributed by atoms with Crippen molar-refractivity contribution in [2.75, 3.05) is 19.0 Å². The number of halogens is 1. The second-order valence-corrected chi connectivity index (χ2v) is 9.23. The van der Waals surface area contributed by atoms with Gasteiger partial charge in [0, 0.05) is 31.3 Å². The van der Waals surface area contributed by atoms with E-state index >= 15 is 0 Å². The first-order valence-corrected chi connectivity index (χ1v) is 11.2. The number of rotatable bonds is 9. The third-order valence-electron chi connectivity index (χ3n) is 5.03. The Bertz CT molecular complexity index is 858. The summed E-state index contributed by atoms with van der Waals surface area (Å²) in [7, 11) is -3.30. The lowest BCUT2D eigenvalue weighted by molar-refractivity contribution is 0.124. The lowest BCUT2D eigenvalue weighted by atomic mass is 10.1. The summed E-state index contributed by atoms with van der Waals surface area (Å²) in [6.45, 7) is 3.85. The Hall–Kier alpha value is -1.84. The minimum atomic E-state index is -3.30. The first-order chi connectivity index (χ1) is 13.5. The number of sulfonamides is 1. The van der Waals surface area contributed by atoms with Gasteiger partial charge < -0.3 is 9.30 Å². The van der Waals surface area contributed by atoms with Gasteiger partial charge in [0.15, 0.2) is 0 Å². The molecule has 2 aromatic rings. The lowest BCUT2D eigenvalue weighted by Crippen LogP contribution is -2.43. The predicted molar refractivity (Wildman–Crippen MR) is 104 cm³/mol. The molecule has 9 heteroatoms. The van der Waals surface area contributed by atoms with Crippen LogP contribution in [0.4, 0.5) is 4.39 Å². The van der Waals surface area contributed by atoms with E-state index in [0.29, 0.717) is 38.2 Å². The highest BCUT2D eigenvalue weighted by Crippen LogP contribution is 2.24. The van der Waals surface area contributed by atoms with Crippen molar-refractivity contribution in [2.45, 2.75) is 51.7 Å². The number of benzene rings is 1. The molecule has 1 fully saturated rings. The SMILES string of the molecule is C[C@H]1CCCS(=O)(=O)N1Cc1ccc(CCCOCCn2cnnc2)cc1F. The van der Waals surface area contributed by atoms with Crippen LogP contribution in [0.2, 0.25) is 0 Å². The van der Waals surface area contributed by atoms with Gasteiger partial charge in [-0.3, -0.25) is 0 Å². The van der Waals surface area contributed by atoms with Crippen molar-refractivity contribution in [1.82, 2.24) is 19.1 Å². The van der Waals surface area contributed by atoms with Crippen LogP contribution in [-0.2, 0) is 34.3 Å². The Morgan fingerprint density at radius 1 is 1.25 bits per heavy atom. The van der Waals surface area contributed by atoms with Gasteiger partial charge in [0.25, 0.3) is 0 Å². The van der Waals surface area contributed by atoms with E-state index in [4.69, 9.17) is 4.74 Å². The van der Waals surface area contributed by atoms with Crippen LogP contribution in [0.5, 0.6) is 0 Å². The summed E-state index contributed by atoms with van der Waals surface area (Å²) in [5.74, 6) is -0.201. The smallest absolute Gasteiger partial charge is 0.214 e. The van der Waals surface area contributed by atoms with Crippen molar-refractivity contribution in [3.8, 4) is 0 Å². The molecule has 1 atom stereocenters. The van der Waals surface area contributed by atoms with Crippen LogP contribution < -0.4 is 0 Å². The summed E-state index contributed by atoms with van der Waals surface area (Å²) in [5.41, 5.74) is 1.31. The minimum Gasteiger partial charge on any atom is -0.380 e. The molecule has 3 rings (SSSR count). The number of aromatic nitrogens is 3. The highest BCUT2D eigenvalue weighted by molar-refractivity contribution is 7.89. The van der Waals surface area contributed by atoms with E-state index in [-0.39, 0.29) is 24.2 Å². The van der Waals surface area contributed by atoms with Gasteiger partial charge in [-0.1, -0.05) is 12.1 Å². The summed E-state index contributed by atoms with van der Waals surface area (Å²) in [5, 5.41) is 7.45. The number of hydrogen-bond donors (Lipinski definition) is 0. The molecule has 0 bridgehead atoms. The molecule has 7 nitrogen and oxygen atoms in total. The third-order valence-corrected chi connectivity index (χ3v) is 7.04. The van der Waals surface area contributed by atoms with E-state index in [2.05, 4.69) is 10.2 Å². The van der Waals surface area contributed by atoms with E-state index < -0.39 is 10.0 Å². The molecule has 2 heterocycles. The van der Waals surface area contributed by atoms with Crippen molar-refractivity contribution >= 4 is 10.0 Å². The molecular weight excluding hydrogens is 383 g/mol. The van der Waals surface area contributed by atoms with Crippen LogP contribution in [0.1, 0.15) is 37.3 Å². The molecule has 154 valence electrons. The molecule has 1 saturated heterocycles. The molecule has 0 saturated carbocycles. The van der Waals surface area contributed by atoms with Gasteiger partial charge in [-0.25, -0.2) is 12.8 Å². The highest BCUT2D eigenvalue weighted by atomic mass is 32.2. The fourth-order valence-corrected chi connectivity index (χ4v) is 5.14. The Balaban J connectivity index is 1.45. The molecule has 1 aliphatic rings. The maximum atomic E-state index is 14.5. The van der Waals surface area contributed by atoms with E-state index in [9.17, 15) is 12.8 Å². The molecule has 1 aromatic carbocycles. The van der Waals surface area contributed by atoms with Crippen molar-refractivity contribution in [1.29, 1.82) is 0 Å². The Morgan fingerprint density at radius 2 is 2.04 bits per heavy atom. The van der Waals surface area contributed by atoms with E-state index in [1.807, 2.05) is 17.6 Å². The summed E-state index contributed by atoms with van der Waals surface area (Å²) in [4.78, 5) is 0. The average Bonchev–Trinajstić information content (AvgIpc) is 3.16. The zero-order valence-electron chi connectivity index (χ0n) is 16.1. The van der Waals surface area contributed by atoms with E-state index in [0.717, 1.165) is 18.4 Å². The molecule has 0 unspecified atom stereocenters. The lowest BCUT2D eigenvalue weighted by Gasteiger charge is -2.32. The Labute approximate surface area is 165 Å². The van der Waals surface area contributed by atoms with Crippen LogP contribution >= 0.6 is 0 Å². The van der Waals surface area contributed by atoms with Gasteiger partial charge >= 0.3 is 0 Å². The topological polar surface area (TPSA) is 77.3 Å². The molecule has 0 N–H and O–H groups in total. The Kier molecular flexibility index (Phi) is 7.14. The summed E-state index contributed by atoms with van der Waals surface area (Å²) in [6.07, 6.45) is 6.27. The first-order valence-electron chi connectivity index (χ1n) is 9.63. The van der Waals surface area contributed by atoms with Crippen molar-refractivity contribution in [3.63, 3.8) is 0 Å². The van der Waals surface area contributed by atoms with Gasteiger partial charge in [0.1, 0.15) is 18.5 Å². The normalized spacial score (nSPS) is 19.7. The van der Waals surface area contributed by atoms with Crippen LogP contribution in [0, 0.1) is 5.82 Å². The number of hydrogen-bond acceptors (Lipinski definition) is 5. The van der Waals surface area contributed by atoms with Crippen LogP contribution in [-0.4, -0.2) is 52.5 Å². The molecule has 28 heavy (non-hydrogen) atoms. The molecule has 1 aromatic heterocycles. The largest absolute Gasteiger partial charge is 0.380 e. The zero-order chi connectivity index (χ0) is 20.0. The minimum absolute atomic E-state index is 0.0897. The molecule has 0 aliphatic carbocycles. The zero-order valence-corrected chi connectivity index (χ0v) is 16.9. The molecule has 1 aliphatic heterocycles. The number of nitrogens with zero attached hydrogens (tertiary/aromatic N) is 4. The second kappa shape index (κ2) is 9.58. The number of aryl methyl sites for hydroxylation is 1. The van der Waals surface area contributed by atoms with Crippen LogP contribution in [0.15, 0.2) is 30.9 Å². The average molecular weight is 411 g/mol. The molecular formula is C19H27FN4O3S. The van der Waals surface area contributed by atoms with E-state index in [1.165, 1.54) is 10.4 Å². The van der Waals surface area contributed by atoms with Gasteiger partial charge in [-0.2, -0.15) is 4.31 Å². The van der Waals surface area contributed by atoms with Gasteiger partial charge in [0.05, 0.1) is 12.4 Å². The summed E-state index contributed by atoms with van der Waals surface area (Å²) >= 11 is 0. The molecule has 0 amide bonds. The van der Waals surface area contributed by atoms with Crippen molar-refractivity contribution in [2.24, 2.45) is 0 Å². The van der Waals surface area contributed by atoms with Gasteiger partial charge in [-0.05, 0) is 44.2 Å². The number of ether oxygens (including phenoxy) is 1. The maximum absolute atomic E-state index is 14.5. The Morgan fingerprint density at radius 3 is 2.75 bits per heavy atom. The standard InChI is InChI=1S/C19H27FN4O3S/c1-16-4-3-11-28(25,26)24(16)13-18-7-6-17(12-19(18)20)5-2-9-27-10-8-23-14-21-22-15-23/h6-7,12,14-16H,2-5,8-11,13H2,1H3/t16-/m0/s1. The van der Waals surface area contributed by atoms with Gasteiger partial charge in [-0.15, -0.1) is 10.2 Å². The van der Waals surface area contributed by atoms with Crippen molar-refractivity contribution in [3.05, 3.63) is 47.8 Å². The summed E-state index contributed by atoms with van der Waals surface area (Å²) < 4.78 is 47.9. The maximum Gasteiger partial charge on any atom is 0.214 e. The fraction of sp³-hybridized carbons (Fsp3) is 0.579. The molecule has 0 radical (unpaired) electrons. The summed E-state index contributed by atoms with van der Waals surface area (Å²) in [6, 6.07) is 4.99. The highest BCUT2D eigenvalue weighted by Gasteiger charge is 2.31. The monoisotopic (exact) mass is 410 g/mol. The van der Waals surface area contributed by atoms with E-state index in [1.54, 1.807) is 18.7 Å². The van der Waals surface area contributed by atoms with Crippen molar-refractivity contribution < 1.29 is 17.5 Å². The quantitative estimate of drug-likeness (QED) is 0.593. The van der Waals surface area contributed by atoms with Crippen LogP contribution in [0.3, 0.4) is 0 Å². The predicted octanol–water partition coefficient (Wildman–Crippen LogP) is 2.38. The fourth-order valence-electron chi connectivity index (χ4n) is 3.38. The first kappa shape index (κ1) is 20.9. The third kappa shape index (κ3) is 5.59.